The number of alkyl halides is 1. The van der Waals surface area contributed by atoms with Crippen molar-refractivity contribution in [1.82, 2.24) is 9.55 Å². The fourth-order valence-electron chi connectivity index (χ4n) is 2.01. The Labute approximate surface area is 97.4 Å². The molecule has 2 nitrogen and oxygen atoms in total. The number of hydrogen-bond acceptors (Lipinski definition) is 1. The summed E-state index contributed by atoms with van der Waals surface area (Å²) in [5.74, 6) is 0. The molecule has 0 radical (unpaired) electrons. The highest BCUT2D eigenvalue weighted by Crippen LogP contribution is 2.48. The molecule has 0 aliphatic heterocycles. The van der Waals surface area contributed by atoms with Crippen molar-refractivity contribution in [3.63, 3.8) is 0 Å². The minimum atomic E-state index is 0.503. The van der Waals surface area contributed by atoms with Gasteiger partial charge in [-0.3, -0.25) is 0 Å². The van der Waals surface area contributed by atoms with Crippen LogP contribution in [-0.2, 0) is 6.54 Å². The predicted octanol–water partition coefficient (Wildman–Crippen LogP) is 3.21. The molecule has 0 saturated heterocycles. The summed E-state index contributed by atoms with van der Waals surface area (Å²) in [5, 5.41) is 1.10. The zero-order valence-electron chi connectivity index (χ0n) is 8.49. The Balaban J connectivity index is 1.98. The Morgan fingerprint density at radius 1 is 1.33 bits per heavy atom. The van der Waals surface area contributed by atoms with Gasteiger partial charge in [0.15, 0.2) is 0 Å². The largest absolute Gasteiger partial charge is 0.330 e. The average Bonchev–Trinajstić information content (AvgIpc) is 2.95. The van der Waals surface area contributed by atoms with Crippen molar-refractivity contribution in [1.29, 1.82) is 0 Å². The smallest absolute Gasteiger partial charge is 0.0958 e. The molecule has 1 fully saturated rings. The van der Waals surface area contributed by atoms with Crippen LogP contribution in [0.4, 0.5) is 0 Å². The van der Waals surface area contributed by atoms with Gasteiger partial charge in [0.05, 0.1) is 17.4 Å². The molecule has 2 aromatic rings. The summed E-state index contributed by atoms with van der Waals surface area (Å²) in [7, 11) is 0. The summed E-state index contributed by atoms with van der Waals surface area (Å²) in [6.07, 6.45) is 4.64. The second-order valence-electron chi connectivity index (χ2n) is 4.49. The number of para-hydroxylation sites is 2. The molecule has 1 aliphatic carbocycles. The van der Waals surface area contributed by atoms with Gasteiger partial charge in [-0.2, -0.15) is 0 Å². The molecule has 0 N–H and O–H groups in total. The summed E-state index contributed by atoms with van der Waals surface area (Å²) in [6, 6.07) is 8.33. The summed E-state index contributed by atoms with van der Waals surface area (Å²) in [6.45, 7) is 1.10. The fourth-order valence-corrected chi connectivity index (χ4v) is 2.75. The maximum atomic E-state index is 4.41. The van der Waals surface area contributed by atoms with E-state index in [1.165, 1.54) is 18.4 Å². The van der Waals surface area contributed by atoms with Crippen LogP contribution >= 0.6 is 15.9 Å². The van der Waals surface area contributed by atoms with Gasteiger partial charge in [-0.25, -0.2) is 4.98 Å². The molecule has 0 amide bonds. The molecule has 1 aromatic heterocycles. The number of fused-ring (bicyclic) bond motifs is 1. The standard InChI is InChI=1S/C12H13BrN2/c13-7-12(5-6-12)8-15-9-14-10-3-1-2-4-11(10)15/h1-4,9H,5-8H2. The van der Waals surface area contributed by atoms with E-state index >= 15 is 0 Å². The lowest BCUT2D eigenvalue weighted by molar-refractivity contribution is 0.484. The SMILES string of the molecule is BrCC1(Cn2cnc3ccccc32)CC1. The van der Waals surface area contributed by atoms with E-state index < -0.39 is 0 Å². The van der Waals surface area contributed by atoms with Crippen molar-refractivity contribution in [2.24, 2.45) is 5.41 Å². The molecule has 3 rings (SSSR count). The Morgan fingerprint density at radius 3 is 2.87 bits per heavy atom. The fraction of sp³-hybridized carbons (Fsp3) is 0.417. The van der Waals surface area contributed by atoms with E-state index in [0.717, 1.165) is 17.4 Å². The van der Waals surface area contributed by atoms with Crippen molar-refractivity contribution < 1.29 is 0 Å². The third kappa shape index (κ3) is 1.59. The van der Waals surface area contributed by atoms with Gasteiger partial charge in [-0.1, -0.05) is 28.1 Å². The van der Waals surface area contributed by atoms with E-state index in [2.05, 4.69) is 43.7 Å². The number of aromatic nitrogens is 2. The van der Waals surface area contributed by atoms with Crippen LogP contribution in [0.25, 0.3) is 11.0 Å². The normalized spacial score (nSPS) is 18.2. The van der Waals surface area contributed by atoms with Crippen LogP contribution in [0.15, 0.2) is 30.6 Å². The average molecular weight is 265 g/mol. The molecule has 15 heavy (non-hydrogen) atoms. The van der Waals surface area contributed by atoms with E-state index in [4.69, 9.17) is 0 Å². The monoisotopic (exact) mass is 264 g/mol. The first-order chi connectivity index (χ1) is 7.33. The Bertz CT molecular complexity index is 485. The summed E-state index contributed by atoms with van der Waals surface area (Å²) >= 11 is 3.61. The molecule has 1 saturated carbocycles. The summed E-state index contributed by atoms with van der Waals surface area (Å²) in [5.41, 5.74) is 2.86. The highest BCUT2D eigenvalue weighted by atomic mass is 79.9. The van der Waals surface area contributed by atoms with Gasteiger partial charge < -0.3 is 4.57 Å². The highest BCUT2D eigenvalue weighted by Gasteiger charge is 2.41. The lowest BCUT2D eigenvalue weighted by Crippen LogP contribution is -2.11. The quantitative estimate of drug-likeness (QED) is 0.779. The molecule has 0 spiro atoms. The van der Waals surface area contributed by atoms with Crippen LogP contribution < -0.4 is 0 Å². The number of halogens is 1. The summed E-state index contributed by atoms with van der Waals surface area (Å²) in [4.78, 5) is 4.41. The summed E-state index contributed by atoms with van der Waals surface area (Å²) < 4.78 is 2.28. The molecule has 0 atom stereocenters. The first-order valence-electron chi connectivity index (χ1n) is 5.29. The van der Waals surface area contributed by atoms with Gasteiger partial charge in [0.25, 0.3) is 0 Å². The maximum absolute atomic E-state index is 4.41. The van der Waals surface area contributed by atoms with E-state index in [-0.39, 0.29) is 0 Å². The second kappa shape index (κ2) is 3.34. The van der Waals surface area contributed by atoms with Crippen molar-refractivity contribution in [2.45, 2.75) is 19.4 Å². The molecule has 1 aromatic carbocycles. The lowest BCUT2D eigenvalue weighted by Gasteiger charge is -2.12. The van der Waals surface area contributed by atoms with Crippen LogP contribution in [0.2, 0.25) is 0 Å². The van der Waals surface area contributed by atoms with Crippen molar-refractivity contribution in [3.05, 3.63) is 30.6 Å². The highest BCUT2D eigenvalue weighted by molar-refractivity contribution is 9.09. The van der Waals surface area contributed by atoms with Gasteiger partial charge >= 0.3 is 0 Å². The van der Waals surface area contributed by atoms with Crippen LogP contribution in [0.3, 0.4) is 0 Å². The van der Waals surface area contributed by atoms with Crippen LogP contribution in [0, 0.1) is 5.41 Å². The number of nitrogens with zero attached hydrogens (tertiary/aromatic N) is 2. The molecule has 0 bridgehead atoms. The van der Waals surface area contributed by atoms with Crippen LogP contribution in [0.5, 0.6) is 0 Å². The first-order valence-corrected chi connectivity index (χ1v) is 6.41. The van der Waals surface area contributed by atoms with Crippen molar-refractivity contribution in [2.75, 3.05) is 5.33 Å². The second-order valence-corrected chi connectivity index (χ2v) is 5.06. The minimum Gasteiger partial charge on any atom is -0.330 e. The zero-order valence-corrected chi connectivity index (χ0v) is 10.1. The molecular formula is C12H13BrN2. The van der Waals surface area contributed by atoms with Gasteiger partial charge in [-0.15, -0.1) is 0 Å². The molecule has 0 unspecified atom stereocenters. The van der Waals surface area contributed by atoms with Gasteiger partial charge in [0.1, 0.15) is 0 Å². The molecule has 1 aliphatic rings. The Hall–Kier alpha value is -0.830. The van der Waals surface area contributed by atoms with E-state index in [0.29, 0.717) is 5.41 Å². The van der Waals surface area contributed by atoms with Crippen LogP contribution in [0.1, 0.15) is 12.8 Å². The van der Waals surface area contributed by atoms with Crippen molar-refractivity contribution >= 4 is 27.0 Å². The number of benzene rings is 1. The zero-order chi connectivity index (χ0) is 10.3. The lowest BCUT2D eigenvalue weighted by atomic mass is 10.1. The molecule has 3 heteroatoms. The van der Waals surface area contributed by atoms with E-state index in [1.54, 1.807) is 0 Å². The number of imidazole rings is 1. The van der Waals surface area contributed by atoms with Gasteiger partial charge in [-0.05, 0) is 30.4 Å². The number of hydrogen-bond donors (Lipinski definition) is 0. The Kier molecular flexibility index (Phi) is 2.09. The van der Waals surface area contributed by atoms with Crippen molar-refractivity contribution in [3.8, 4) is 0 Å². The minimum absolute atomic E-state index is 0.503. The number of rotatable bonds is 3. The molecular weight excluding hydrogens is 252 g/mol. The predicted molar refractivity (Wildman–Crippen MR) is 65.2 cm³/mol. The van der Waals surface area contributed by atoms with E-state index in [1.807, 2.05) is 12.4 Å². The van der Waals surface area contributed by atoms with E-state index in [9.17, 15) is 0 Å². The topological polar surface area (TPSA) is 17.8 Å². The van der Waals surface area contributed by atoms with Crippen LogP contribution in [-0.4, -0.2) is 14.9 Å². The van der Waals surface area contributed by atoms with Gasteiger partial charge in [0, 0.05) is 11.9 Å². The third-order valence-corrected chi connectivity index (χ3v) is 4.46. The Morgan fingerprint density at radius 2 is 2.13 bits per heavy atom. The maximum Gasteiger partial charge on any atom is 0.0958 e. The molecule has 78 valence electrons. The molecule has 1 heterocycles. The third-order valence-electron chi connectivity index (χ3n) is 3.27. The van der Waals surface area contributed by atoms with Gasteiger partial charge in [0.2, 0.25) is 0 Å². The first kappa shape index (κ1) is 9.40.